The molecule has 0 saturated heterocycles. The molecule has 0 saturated carbocycles. The van der Waals surface area contributed by atoms with Gasteiger partial charge in [0, 0.05) is 28.2 Å². The Hall–Kier alpha value is -0.560. The van der Waals surface area contributed by atoms with Crippen molar-refractivity contribution in [2.75, 3.05) is 26.0 Å². The molecule has 0 bridgehead atoms. The molecular weight excluding hydrogens is 427 g/mol. The highest BCUT2D eigenvalue weighted by Crippen LogP contribution is 2.37. The van der Waals surface area contributed by atoms with Crippen LogP contribution in [0, 0.1) is 0 Å². The second-order valence-electron chi connectivity index (χ2n) is 5.77. The lowest BCUT2D eigenvalue weighted by Crippen LogP contribution is -2.30. The van der Waals surface area contributed by atoms with E-state index in [4.69, 9.17) is 58.0 Å². The van der Waals surface area contributed by atoms with Gasteiger partial charge >= 0.3 is 0 Å². The molecule has 1 atom stereocenters. The number of hydrogen-bond donors (Lipinski definition) is 1. The van der Waals surface area contributed by atoms with E-state index in [1.165, 1.54) is 0 Å². The van der Waals surface area contributed by atoms with Crippen molar-refractivity contribution >= 4 is 64.0 Å². The third kappa shape index (κ3) is 6.27. The molecule has 1 N–H and O–H groups in total. The summed E-state index contributed by atoms with van der Waals surface area (Å²) in [7, 11) is 3.94. The molecule has 10 heteroatoms. The second kappa shape index (κ2) is 8.42. The molecule has 0 radical (unpaired) electrons. The average molecular weight is 444 g/mol. The van der Waals surface area contributed by atoms with Gasteiger partial charge in [0.2, 0.25) is 9.74 Å². The maximum atomic E-state index is 6.06. The van der Waals surface area contributed by atoms with E-state index in [1.54, 1.807) is 18.2 Å². The number of anilines is 1. The first-order valence-electron chi connectivity index (χ1n) is 7.25. The minimum atomic E-state index is -1.79. The summed E-state index contributed by atoms with van der Waals surface area (Å²) in [5, 5.41) is 4.08. The number of alkyl halides is 3. The molecule has 1 aromatic heterocycles. The van der Waals surface area contributed by atoms with Crippen molar-refractivity contribution in [1.29, 1.82) is 0 Å². The molecule has 0 aliphatic rings. The topological polar surface area (TPSA) is 53.9 Å². The van der Waals surface area contributed by atoms with E-state index >= 15 is 0 Å². The van der Waals surface area contributed by atoms with Crippen LogP contribution >= 0.6 is 58.0 Å². The van der Waals surface area contributed by atoms with Crippen LogP contribution in [-0.4, -0.2) is 46.5 Å². The molecule has 0 amide bonds. The van der Waals surface area contributed by atoms with Crippen molar-refractivity contribution in [2.24, 2.45) is 0 Å². The SMILES string of the molecule is CC(CN(C)C)Nc1nc(-c2cc(Cl)cc(Cl)c2)nc(C(Cl)(Cl)Cl)n1. The van der Waals surface area contributed by atoms with Crippen LogP contribution in [0.2, 0.25) is 10.0 Å². The van der Waals surface area contributed by atoms with Crippen molar-refractivity contribution in [2.45, 2.75) is 16.8 Å². The van der Waals surface area contributed by atoms with E-state index in [1.807, 2.05) is 25.9 Å². The van der Waals surface area contributed by atoms with E-state index in [-0.39, 0.29) is 11.9 Å². The molecule has 2 rings (SSSR count). The number of benzene rings is 1. The Bertz CT molecular complexity index is 727. The Labute approximate surface area is 171 Å². The summed E-state index contributed by atoms with van der Waals surface area (Å²) < 4.78 is -1.79. The number of likely N-dealkylation sites (N-methyl/N-ethyl adjacent to an activating group) is 1. The average Bonchev–Trinajstić information content (AvgIpc) is 2.43. The van der Waals surface area contributed by atoms with Crippen LogP contribution in [0.5, 0.6) is 0 Å². The Kier molecular flexibility index (Phi) is 6.99. The largest absolute Gasteiger partial charge is 0.350 e. The quantitative estimate of drug-likeness (QED) is 0.657. The number of rotatable bonds is 5. The highest BCUT2D eigenvalue weighted by atomic mass is 35.6. The molecule has 0 aliphatic carbocycles. The fourth-order valence-electron chi connectivity index (χ4n) is 2.19. The molecule has 25 heavy (non-hydrogen) atoms. The molecule has 0 aliphatic heterocycles. The van der Waals surface area contributed by atoms with Crippen LogP contribution < -0.4 is 5.32 Å². The second-order valence-corrected chi connectivity index (χ2v) is 8.92. The summed E-state index contributed by atoms with van der Waals surface area (Å²) in [5.41, 5.74) is 0.596. The van der Waals surface area contributed by atoms with Gasteiger partial charge in [-0.3, -0.25) is 0 Å². The zero-order valence-corrected chi connectivity index (χ0v) is 17.5. The normalized spacial score (nSPS) is 13.2. The van der Waals surface area contributed by atoms with E-state index in [2.05, 4.69) is 20.3 Å². The van der Waals surface area contributed by atoms with E-state index in [0.717, 1.165) is 6.54 Å². The van der Waals surface area contributed by atoms with E-state index in [9.17, 15) is 0 Å². The van der Waals surface area contributed by atoms with Gasteiger partial charge in [-0.15, -0.1) is 0 Å². The Morgan fingerprint density at radius 2 is 1.64 bits per heavy atom. The Balaban J connectivity index is 2.47. The van der Waals surface area contributed by atoms with Gasteiger partial charge in [-0.2, -0.15) is 9.97 Å². The van der Waals surface area contributed by atoms with Crippen LogP contribution in [0.1, 0.15) is 12.7 Å². The van der Waals surface area contributed by atoms with Gasteiger partial charge in [0.15, 0.2) is 11.6 Å². The van der Waals surface area contributed by atoms with Crippen molar-refractivity contribution in [1.82, 2.24) is 19.9 Å². The molecule has 1 heterocycles. The predicted molar refractivity (Wildman–Crippen MR) is 106 cm³/mol. The Morgan fingerprint density at radius 1 is 1.04 bits per heavy atom. The first-order chi connectivity index (χ1) is 11.5. The van der Waals surface area contributed by atoms with Crippen LogP contribution in [-0.2, 0) is 3.79 Å². The van der Waals surface area contributed by atoms with Gasteiger partial charge in [-0.1, -0.05) is 58.0 Å². The van der Waals surface area contributed by atoms with Gasteiger partial charge in [0.25, 0.3) is 0 Å². The number of aromatic nitrogens is 3. The van der Waals surface area contributed by atoms with E-state index in [0.29, 0.717) is 27.4 Å². The standard InChI is InChI=1S/C15H16Cl5N5/c1-8(7-25(2)3)21-14-23-12(22-13(24-14)15(18,19)20)9-4-10(16)6-11(17)5-9/h4-6,8H,7H2,1-3H3,(H,21,22,23,24). The molecule has 2 aromatic rings. The number of halogens is 5. The molecule has 0 spiro atoms. The van der Waals surface area contributed by atoms with E-state index < -0.39 is 3.79 Å². The molecule has 1 aromatic carbocycles. The fraction of sp³-hybridized carbons (Fsp3) is 0.400. The lowest BCUT2D eigenvalue weighted by Gasteiger charge is -2.19. The maximum Gasteiger partial charge on any atom is 0.250 e. The minimum Gasteiger partial charge on any atom is -0.350 e. The monoisotopic (exact) mass is 441 g/mol. The zero-order chi connectivity index (χ0) is 18.8. The van der Waals surface area contributed by atoms with Crippen LogP contribution in [0.25, 0.3) is 11.4 Å². The Morgan fingerprint density at radius 3 is 2.16 bits per heavy atom. The number of hydrogen-bond acceptors (Lipinski definition) is 5. The first-order valence-corrected chi connectivity index (χ1v) is 9.14. The molecular formula is C15H16Cl5N5. The highest BCUT2D eigenvalue weighted by Gasteiger charge is 2.29. The van der Waals surface area contributed by atoms with Crippen molar-refractivity contribution < 1.29 is 0 Å². The third-order valence-electron chi connectivity index (χ3n) is 3.02. The summed E-state index contributed by atoms with van der Waals surface area (Å²) in [6.45, 7) is 2.77. The summed E-state index contributed by atoms with van der Waals surface area (Å²) in [6, 6.07) is 5.04. The molecule has 1 unspecified atom stereocenters. The van der Waals surface area contributed by atoms with Gasteiger partial charge in [0.1, 0.15) is 0 Å². The van der Waals surface area contributed by atoms with Gasteiger partial charge in [-0.05, 0) is 39.2 Å². The maximum absolute atomic E-state index is 6.06. The van der Waals surface area contributed by atoms with Crippen LogP contribution in [0.3, 0.4) is 0 Å². The van der Waals surface area contributed by atoms with Gasteiger partial charge in [0.05, 0.1) is 0 Å². The predicted octanol–water partition coefficient (Wildman–Crippen LogP) is 5.03. The molecule has 0 fully saturated rings. The number of nitrogens with zero attached hydrogens (tertiary/aromatic N) is 4. The molecule has 5 nitrogen and oxygen atoms in total. The van der Waals surface area contributed by atoms with Crippen molar-refractivity contribution in [3.63, 3.8) is 0 Å². The fourth-order valence-corrected chi connectivity index (χ4v) is 2.97. The zero-order valence-electron chi connectivity index (χ0n) is 13.7. The highest BCUT2D eigenvalue weighted by molar-refractivity contribution is 6.66. The summed E-state index contributed by atoms with van der Waals surface area (Å²) in [6.07, 6.45) is 0. The number of nitrogens with one attached hydrogen (secondary N) is 1. The summed E-state index contributed by atoms with van der Waals surface area (Å²) >= 11 is 30.0. The minimum absolute atomic E-state index is 0.0122. The first kappa shape index (κ1) is 20.7. The van der Waals surface area contributed by atoms with Crippen LogP contribution in [0.4, 0.5) is 5.95 Å². The van der Waals surface area contributed by atoms with Crippen LogP contribution in [0.15, 0.2) is 18.2 Å². The summed E-state index contributed by atoms with van der Waals surface area (Å²) in [4.78, 5) is 14.9. The van der Waals surface area contributed by atoms with Crippen molar-refractivity contribution in [3.05, 3.63) is 34.1 Å². The summed E-state index contributed by atoms with van der Waals surface area (Å²) in [5.74, 6) is 0.621. The lowest BCUT2D eigenvalue weighted by molar-refractivity contribution is 0.391. The smallest absolute Gasteiger partial charge is 0.250 e. The van der Waals surface area contributed by atoms with Gasteiger partial charge < -0.3 is 10.2 Å². The third-order valence-corrected chi connectivity index (χ3v) is 3.97. The molecule has 136 valence electrons. The lowest BCUT2D eigenvalue weighted by atomic mass is 10.2. The van der Waals surface area contributed by atoms with Crippen molar-refractivity contribution in [3.8, 4) is 11.4 Å². The van der Waals surface area contributed by atoms with Gasteiger partial charge in [-0.25, -0.2) is 4.98 Å².